The van der Waals surface area contributed by atoms with Gasteiger partial charge in [-0.1, -0.05) is 44.2 Å². The van der Waals surface area contributed by atoms with Gasteiger partial charge in [0.15, 0.2) is 0 Å². The van der Waals surface area contributed by atoms with Gasteiger partial charge in [0, 0.05) is 23.4 Å². The molecule has 2 aromatic rings. The first-order valence-electron chi connectivity index (χ1n) is 5.92. The fourth-order valence-corrected chi connectivity index (χ4v) is 2.46. The third-order valence-electron chi connectivity index (χ3n) is 2.89. The van der Waals surface area contributed by atoms with E-state index in [1.807, 2.05) is 18.2 Å². The van der Waals surface area contributed by atoms with Crippen LogP contribution in [0, 0.1) is 5.92 Å². The maximum atomic E-state index is 6.06. The van der Waals surface area contributed by atoms with E-state index in [1.54, 1.807) is 11.3 Å². The monoisotopic (exact) mass is 246 g/mol. The van der Waals surface area contributed by atoms with Crippen LogP contribution in [-0.2, 0) is 6.42 Å². The summed E-state index contributed by atoms with van der Waals surface area (Å²) in [6.07, 6.45) is 0.870. The zero-order valence-electron chi connectivity index (χ0n) is 10.3. The molecular formula is C14H18N2S. The first kappa shape index (κ1) is 12.3. The van der Waals surface area contributed by atoms with E-state index in [-0.39, 0.29) is 6.04 Å². The highest BCUT2D eigenvalue weighted by atomic mass is 32.1. The van der Waals surface area contributed by atoms with Gasteiger partial charge in [-0.05, 0) is 5.92 Å². The Morgan fingerprint density at radius 1 is 1.24 bits per heavy atom. The zero-order chi connectivity index (χ0) is 12.3. The molecule has 17 heavy (non-hydrogen) atoms. The quantitative estimate of drug-likeness (QED) is 0.898. The Hall–Kier alpha value is -1.19. The van der Waals surface area contributed by atoms with Crippen molar-refractivity contribution in [3.05, 3.63) is 40.7 Å². The molecule has 1 aromatic heterocycles. The molecule has 0 saturated carbocycles. The third-order valence-corrected chi connectivity index (χ3v) is 3.76. The molecule has 1 unspecified atom stereocenters. The Morgan fingerprint density at radius 2 is 1.94 bits per heavy atom. The molecule has 0 aliphatic rings. The summed E-state index contributed by atoms with van der Waals surface area (Å²) < 4.78 is 0. The van der Waals surface area contributed by atoms with Crippen molar-refractivity contribution in [1.29, 1.82) is 0 Å². The molecule has 0 radical (unpaired) electrons. The second-order valence-corrected chi connectivity index (χ2v) is 5.55. The second-order valence-electron chi connectivity index (χ2n) is 4.60. The van der Waals surface area contributed by atoms with Crippen LogP contribution < -0.4 is 5.73 Å². The summed E-state index contributed by atoms with van der Waals surface area (Å²) in [4.78, 5) is 4.64. The molecule has 0 aliphatic carbocycles. The van der Waals surface area contributed by atoms with E-state index in [4.69, 9.17) is 5.73 Å². The number of rotatable bonds is 4. The van der Waals surface area contributed by atoms with Gasteiger partial charge in [0.1, 0.15) is 0 Å². The Labute approximate surface area is 107 Å². The molecule has 0 amide bonds. The Balaban J connectivity index is 2.12. The Kier molecular flexibility index (Phi) is 3.92. The summed E-state index contributed by atoms with van der Waals surface area (Å²) in [7, 11) is 0. The third kappa shape index (κ3) is 3.14. The van der Waals surface area contributed by atoms with E-state index in [2.05, 4.69) is 36.3 Å². The average molecular weight is 246 g/mol. The van der Waals surface area contributed by atoms with Crippen LogP contribution in [0.2, 0.25) is 0 Å². The van der Waals surface area contributed by atoms with E-state index in [0.717, 1.165) is 17.1 Å². The van der Waals surface area contributed by atoms with Gasteiger partial charge in [-0.15, -0.1) is 11.3 Å². The lowest BCUT2D eigenvalue weighted by Gasteiger charge is -2.13. The minimum Gasteiger partial charge on any atom is -0.327 e. The van der Waals surface area contributed by atoms with Crippen LogP contribution in [0.15, 0.2) is 35.7 Å². The summed E-state index contributed by atoms with van der Waals surface area (Å²) in [5.41, 5.74) is 8.29. The first-order chi connectivity index (χ1) is 8.16. The lowest BCUT2D eigenvalue weighted by Crippen LogP contribution is -2.28. The van der Waals surface area contributed by atoms with Crippen molar-refractivity contribution in [3.8, 4) is 11.3 Å². The molecule has 1 heterocycles. The van der Waals surface area contributed by atoms with Crippen molar-refractivity contribution in [1.82, 2.24) is 4.98 Å². The SMILES string of the molecule is CC(C)C(N)Cc1nc(-c2ccccc2)cs1. The van der Waals surface area contributed by atoms with Crippen molar-refractivity contribution in [2.45, 2.75) is 26.3 Å². The first-order valence-corrected chi connectivity index (χ1v) is 6.80. The maximum Gasteiger partial charge on any atom is 0.0948 e. The number of aromatic nitrogens is 1. The van der Waals surface area contributed by atoms with E-state index in [9.17, 15) is 0 Å². The van der Waals surface area contributed by atoms with Crippen LogP contribution in [-0.4, -0.2) is 11.0 Å². The molecule has 1 aromatic carbocycles. The van der Waals surface area contributed by atoms with Crippen molar-refractivity contribution in [3.63, 3.8) is 0 Å². The van der Waals surface area contributed by atoms with E-state index >= 15 is 0 Å². The van der Waals surface area contributed by atoms with Crippen molar-refractivity contribution >= 4 is 11.3 Å². The highest BCUT2D eigenvalue weighted by molar-refractivity contribution is 7.09. The summed E-state index contributed by atoms with van der Waals surface area (Å²) in [5.74, 6) is 0.499. The number of thiazole rings is 1. The van der Waals surface area contributed by atoms with Crippen molar-refractivity contribution in [2.24, 2.45) is 11.7 Å². The molecule has 1 atom stereocenters. The van der Waals surface area contributed by atoms with E-state index in [0.29, 0.717) is 5.92 Å². The lowest BCUT2D eigenvalue weighted by atomic mass is 10.0. The normalized spacial score (nSPS) is 12.9. The molecule has 0 fully saturated rings. The molecule has 3 heteroatoms. The molecule has 0 saturated heterocycles. The largest absolute Gasteiger partial charge is 0.327 e. The van der Waals surface area contributed by atoms with Gasteiger partial charge in [-0.3, -0.25) is 0 Å². The predicted molar refractivity (Wildman–Crippen MR) is 74.1 cm³/mol. The predicted octanol–water partition coefficient (Wildman–Crippen LogP) is 3.34. The summed E-state index contributed by atoms with van der Waals surface area (Å²) >= 11 is 1.70. The highest BCUT2D eigenvalue weighted by Crippen LogP contribution is 2.22. The topological polar surface area (TPSA) is 38.9 Å². The van der Waals surface area contributed by atoms with E-state index in [1.165, 1.54) is 5.56 Å². The van der Waals surface area contributed by atoms with Gasteiger partial charge >= 0.3 is 0 Å². The summed E-state index contributed by atoms with van der Waals surface area (Å²) in [5, 5.41) is 3.24. The Morgan fingerprint density at radius 3 is 2.59 bits per heavy atom. The van der Waals surface area contributed by atoms with Gasteiger partial charge in [-0.25, -0.2) is 4.98 Å². The van der Waals surface area contributed by atoms with Gasteiger partial charge in [0.2, 0.25) is 0 Å². The lowest BCUT2D eigenvalue weighted by molar-refractivity contribution is 0.490. The van der Waals surface area contributed by atoms with Gasteiger partial charge < -0.3 is 5.73 Å². The van der Waals surface area contributed by atoms with Crippen LogP contribution in [0.3, 0.4) is 0 Å². The number of nitrogens with zero attached hydrogens (tertiary/aromatic N) is 1. The second kappa shape index (κ2) is 5.43. The zero-order valence-corrected chi connectivity index (χ0v) is 11.1. The fourth-order valence-electron chi connectivity index (χ4n) is 1.58. The van der Waals surface area contributed by atoms with Gasteiger partial charge in [0.05, 0.1) is 10.7 Å². The van der Waals surface area contributed by atoms with Crippen LogP contribution in [0.5, 0.6) is 0 Å². The van der Waals surface area contributed by atoms with Gasteiger partial charge in [-0.2, -0.15) is 0 Å². The standard InChI is InChI=1S/C14H18N2S/c1-10(2)12(15)8-14-16-13(9-17-14)11-6-4-3-5-7-11/h3-7,9-10,12H,8,15H2,1-2H3. The molecule has 2 N–H and O–H groups in total. The minimum absolute atomic E-state index is 0.199. The van der Waals surface area contributed by atoms with Crippen molar-refractivity contribution in [2.75, 3.05) is 0 Å². The molecule has 2 nitrogen and oxygen atoms in total. The minimum atomic E-state index is 0.199. The number of hydrogen-bond donors (Lipinski definition) is 1. The van der Waals surface area contributed by atoms with Crippen LogP contribution in [0.4, 0.5) is 0 Å². The van der Waals surface area contributed by atoms with Crippen molar-refractivity contribution < 1.29 is 0 Å². The number of hydrogen-bond acceptors (Lipinski definition) is 3. The number of nitrogens with two attached hydrogens (primary N) is 1. The fraction of sp³-hybridized carbons (Fsp3) is 0.357. The molecular weight excluding hydrogens is 228 g/mol. The molecule has 0 bridgehead atoms. The van der Waals surface area contributed by atoms with E-state index < -0.39 is 0 Å². The number of benzene rings is 1. The molecule has 90 valence electrons. The molecule has 0 spiro atoms. The molecule has 0 aliphatic heterocycles. The molecule has 2 rings (SSSR count). The Bertz CT molecular complexity index is 462. The van der Waals surface area contributed by atoms with Crippen LogP contribution in [0.25, 0.3) is 11.3 Å². The van der Waals surface area contributed by atoms with Crippen LogP contribution >= 0.6 is 11.3 Å². The summed E-state index contributed by atoms with van der Waals surface area (Å²) in [6, 6.07) is 10.5. The average Bonchev–Trinajstić information content (AvgIpc) is 2.78. The van der Waals surface area contributed by atoms with Crippen LogP contribution in [0.1, 0.15) is 18.9 Å². The highest BCUT2D eigenvalue weighted by Gasteiger charge is 2.11. The summed E-state index contributed by atoms with van der Waals surface area (Å²) in [6.45, 7) is 4.30. The maximum absolute atomic E-state index is 6.06. The smallest absolute Gasteiger partial charge is 0.0948 e. The van der Waals surface area contributed by atoms with Gasteiger partial charge in [0.25, 0.3) is 0 Å².